The highest BCUT2D eigenvalue weighted by molar-refractivity contribution is 6.31. The van der Waals surface area contributed by atoms with Gasteiger partial charge >= 0.3 is 0 Å². The van der Waals surface area contributed by atoms with E-state index in [4.69, 9.17) is 21.6 Å². The van der Waals surface area contributed by atoms with Crippen molar-refractivity contribution < 1.29 is 0 Å². The second kappa shape index (κ2) is 9.04. The van der Waals surface area contributed by atoms with Gasteiger partial charge in [-0.05, 0) is 30.4 Å². The number of fused-ring (bicyclic) bond motifs is 1. The fraction of sp³-hybridized carbons (Fsp3) is 0.522. The molecule has 0 aliphatic heterocycles. The van der Waals surface area contributed by atoms with Gasteiger partial charge in [0.1, 0.15) is 17.2 Å². The Morgan fingerprint density at radius 2 is 1.89 bits per heavy atom. The molecule has 28 heavy (non-hydrogen) atoms. The van der Waals surface area contributed by atoms with Crippen molar-refractivity contribution in [2.75, 3.05) is 0 Å². The quantitative estimate of drug-likeness (QED) is 0.507. The van der Waals surface area contributed by atoms with Gasteiger partial charge in [0.15, 0.2) is 5.65 Å². The zero-order chi connectivity index (χ0) is 19.3. The minimum Gasteiger partial charge on any atom is -0.313 e. The zero-order valence-electron chi connectivity index (χ0n) is 16.7. The van der Waals surface area contributed by atoms with Crippen LogP contribution in [0.2, 0.25) is 5.02 Å². The lowest BCUT2D eigenvalue weighted by Gasteiger charge is -2.22. The van der Waals surface area contributed by atoms with Gasteiger partial charge in [-0.15, -0.1) is 0 Å². The zero-order valence-corrected chi connectivity index (χ0v) is 17.5. The van der Waals surface area contributed by atoms with Crippen molar-refractivity contribution in [1.29, 1.82) is 0 Å². The Hall–Kier alpha value is -1.94. The summed E-state index contributed by atoms with van der Waals surface area (Å²) in [6.45, 7) is 3.19. The number of rotatable bonds is 7. The van der Waals surface area contributed by atoms with Crippen molar-refractivity contribution in [2.45, 2.75) is 71.3 Å². The molecule has 0 N–H and O–H groups in total. The van der Waals surface area contributed by atoms with Crippen molar-refractivity contribution in [3.05, 3.63) is 52.7 Å². The third-order valence-electron chi connectivity index (χ3n) is 5.99. The molecule has 0 bridgehead atoms. The number of hydrogen-bond donors (Lipinski definition) is 0. The number of aromatic nitrogens is 4. The summed E-state index contributed by atoms with van der Waals surface area (Å²) in [4.78, 5) is 14.2. The molecule has 148 valence electrons. The van der Waals surface area contributed by atoms with Crippen LogP contribution in [-0.2, 0) is 25.8 Å². The van der Waals surface area contributed by atoms with Gasteiger partial charge < -0.3 is 4.57 Å². The van der Waals surface area contributed by atoms with E-state index in [-0.39, 0.29) is 0 Å². The largest absolute Gasteiger partial charge is 0.313 e. The van der Waals surface area contributed by atoms with Crippen LogP contribution in [0.15, 0.2) is 30.5 Å². The molecule has 1 aliphatic rings. The first-order valence-electron chi connectivity index (χ1n) is 10.7. The second-order valence-electron chi connectivity index (χ2n) is 7.91. The van der Waals surface area contributed by atoms with Crippen molar-refractivity contribution in [3.63, 3.8) is 0 Å². The van der Waals surface area contributed by atoms with Crippen LogP contribution < -0.4 is 0 Å². The monoisotopic (exact) mass is 396 g/mol. The van der Waals surface area contributed by atoms with Gasteiger partial charge in [0.05, 0.1) is 6.20 Å². The van der Waals surface area contributed by atoms with Gasteiger partial charge in [-0.3, -0.25) is 0 Å². The minimum absolute atomic E-state index is 0.787. The molecule has 3 aromatic rings. The summed E-state index contributed by atoms with van der Waals surface area (Å²) in [5.74, 6) is 2.86. The van der Waals surface area contributed by atoms with Crippen LogP contribution in [-0.4, -0.2) is 19.5 Å². The molecule has 0 atom stereocenters. The number of imidazole rings is 1. The molecular formula is C23H29ClN4. The summed E-state index contributed by atoms with van der Waals surface area (Å²) in [5, 5.41) is 0.814. The molecule has 4 nitrogen and oxygen atoms in total. The third kappa shape index (κ3) is 4.38. The summed E-state index contributed by atoms with van der Waals surface area (Å²) in [7, 11) is 0. The molecule has 4 rings (SSSR count). The Balaban J connectivity index is 1.52. The van der Waals surface area contributed by atoms with E-state index in [2.05, 4.69) is 22.5 Å². The van der Waals surface area contributed by atoms with Crippen molar-refractivity contribution in [3.8, 4) is 0 Å². The Bertz CT molecular complexity index is 927. The van der Waals surface area contributed by atoms with Gasteiger partial charge in [0, 0.05) is 24.4 Å². The van der Waals surface area contributed by atoms with E-state index in [0.29, 0.717) is 0 Å². The molecule has 2 aromatic heterocycles. The van der Waals surface area contributed by atoms with Gasteiger partial charge in [0.2, 0.25) is 0 Å². The molecule has 0 radical (unpaired) electrons. The predicted molar refractivity (Wildman–Crippen MR) is 115 cm³/mol. The lowest BCUT2D eigenvalue weighted by atomic mass is 9.87. The van der Waals surface area contributed by atoms with E-state index in [0.717, 1.165) is 65.1 Å². The summed E-state index contributed by atoms with van der Waals surface area (Å²) in [6.07, 6.45) is 12.6. The van der Waals surface area contributed by atoms with E-state index in [1.807, 2.05) is 24.4 Å². The van der Waals surface area contributed by atoms with Gasteiger partial charge in [-0.25, -0.2) is 15.0 Å². The highest BCUT2D eigenvalue weighted by Gasteiger charge is 2.17. The molecule has 1 aliphatic carbocycles. The second-order valence-corrected chi connectivity index (χ2v) is 8.32. The summed E-state index contributed by atoms with van der Waals surface area (Å²) in [5.41, 5.74) is 3.06. The Labute approximate surface area is 172 Å². The molecule has 0 saturated heterocycles. The fourth-order valence-corrected chi connectivity index (χ4v) is 4.59. The van der Waals surface area contributed by atoms with Crippen LogP contribution in [0.5, 0.6) is 0 Å². The first-order chi connectivity index (χ1) is 13.7. The first kappa shape index (κ1) is 19.4. The van der Waals surface area contributed by atoms with Gasteiger partial charge in [-0.2, -0.15) is 0 Å². The normalized spacial score (nSPS) is 15.4. The smallest absolute Gasteiger partial charge is 0.163 e. The Morgan fingerprint density at radius 1 is 1.07 bits per heavy atom. The molecule has 2 heterocycles. The molecule has 0 spiro atoms. The Morgan fingerprint density at radius 3 is 2.68 bits per heavy atom. The van der Waals surface area contributed by atoms with Crippen LogP contribution in [0.4, 0.5) is 0 Å². The SMILES string of the molecule is CCc1nc2cnc(CCc3ccccc3Cl)nc2n1CCC1CCCCC1. The van der Waals surface area contributed by atoms with E-state index in [1.165, 1.54) is 38.5 Å². The van der Waals surface area contributed by atoms with Crippen molar-refractivity contribution in [1.82, 2.24) is 19.5 Å². The van der Waals surface area contributed by atoms with Gasteiger partial charge in [0.25, 0.3) is 0 Å². The Kier molecular flexibility index (Phi) is 6.26. The first-order valence-corrected chi connectivity index (χ1v) is 11.1. The van der Waals surface area contributed by atoms with Crippen LogP contribution >= 0.6 is 11.6 Å². The summed E-state index contributed by atoms with van der Waals surface area (Å²) < 4.78 is 2.34. The number of halogens is 1. The lowest BCUT2D eigenvalue weighted by Crippen LogP contribution is -2.12. The molecule has 1 fully saturated rings. The summed E-state index contributed by atoms with van der Waals surface area (Å²) >= 11 is 6.29. The number of benzene rings is 1. The maximum absolute atomic E-state index is 6.29. The van der Waals surface area contributed by atoms with E-state index in [9.17, 15) is 0 Å². The van der Waals surface area contributed by atoms with E-state index < -0.39 is 0 Å². The molecule has 0 amide bonds. The van der Waals surface area contributed by atoms with Crippen LogP contribution in [0.25, 0.3) is 11.2 Å². The molecule has 1 saturated carbocycles. The summed E-state index contributed by atoms with van der Waals surface area (Å²) in [6, 6.07) is 8.00. The molecule has 0 unspecified atom stereocenters. The van der Waals surface area contributed by atoms with E-state index in [1.54, 1.807) is 0 Å². The van der Waals surface area contributed by atoms with Crippen molar-refractivity contribution >= 4 is 22.8 Å². The standard InChI is InChI=1S/C23H29ClN4/c1-2-22-26-20-16-25-21(13-12-18-10-6-7-11-19(18)24)27-23(20)28(22)15-14-17-8-4-3-5-9-17/h6-7,10-11,16-17H,2-5,8-9,12-15H2,1H3. The molecular weight excluding hydrogens is 368 g/mol. The third-order valence-corrected chi connectivity index (χ3v) is 6.36. The highest BCUT2D eigenvalue weighted by Crippen LogP contribution is 2.27. The lowest BCUT2D eigenvalue weighted by molar-refractivity contribution is 0.324. The molecule has 5 heteroatoms. The van der Waals surface area contributed by atoms with Crippen molar-refractivity contribution in [2.24, 2.45) is 5.92 Å². The predicted octanol–water partition coefficient (Wildman–Crippen LogP) is 5.80. The average Bonchev–Trinajstić information content (AvgIpc) is 3.09. The van der Waals surface area contributed by atoms with Crippen LogP contribution in [0.3, 0.4) is 0 Å². The van der Waals surface area contributed by atoms with Crippen LogP contribution in [0, 0.1) is 5.92 Å². The maximum atomic E-state index is 6.29. The molecule has 1 aromatic carbocycles. The fourth-order valence-electron chi connectivity index (χ4n) is 4.36. The average molecular weight is 397 g/mol. The van der Waals surface area contributed by atoms with Gasteiger partial charge in [-0.1, -0.05) is 68.8 Å². The number of nitrogens with zero attached hydrogens (tertiary/aromatic N) is 4. The maximum Gasteiger partial charge on any atom is 0.163 e. The van der Waals surface area contributed by atoms with E-state index >= 15 is 0 Å². The topological polar surface area (TPSA) is 43.6 Å². The minimum atomic E-state index is 0.787. The van der Waals surface area contributed by atoms with Crippen LogP contribution in [0.1, 0.15) is 62.7 Å². The number of hydrogen-bond acceptors (Lipinski definition) is 3. The number of aryl methyl sites for hydroxylation is 4. The highest BCUT2D eigenvalue weighted by atomic mass is 35.5.